The Morgan fingerprint density at radius 2 is 2.19 bits per heavy atom. The van der Waals surface area contributed by atoms with Gasteiger partial charge in [-0.3, -0.25) is 4.90 Å². The molecule has 3 atom stereocenters. The zero-order valence-corrected chi connectivity index (χ0v) is 13.5. The fraction of sp³-hybridized carbons (Fsp3) is 0.733. The molecule has 2 aliphatic rings. The molecule has 3 rings (SSSR count). The number of likely N-dealkylation sites (tertiary alicyclic amines) is 1. The Hall–Kier alpha value is -0.850. The summed E-state index contributed by atoms with van der Waals surface area (Å²) in [5, 5.41) is -0.296. The Labute approximate surface area is 126 Å². The van der Waals surface area contributed by atoms with Gasteiger partial charge in [0.1, 0.15) is 11.5 Å². The van der Waals surface area contributed by atoms with E-state index in [-0.39, 0.29) is 5.25 Å². The molecule has 0 aromatic carbocycles. The van der Waals surface area contributed by atoms with Crippen molar-refractivity contribution in [2.75, 3.05) is 19.6 Å². The van der Waals surface area contributed by atoms with Crippen molar-refractivity contribution >= 4 is 10.0 Å². The lowest BCUT2D eigenvalue weighted by molar-refractivity contribution is 0.292. The van der Waals surface area contributed by atoms with Crippen LogP contribution in [0.3, 0.4) is 0 Å². The Balaban J connectivity index is 1.56. The average molecular weight is 312 g/mol. The van der Waals surface area contributed by atoms with Gasteiger partial charge < -0.3 is 4.42 Å². The SMILES string of the molecule is CCNS(=O)(=O)[C@@H]1CCN(Cc2ccc([C@H]3C[C@@H]3C)o2)C1. The molecule has 1 aliphatic carbocycles. The minimum Gasteiger partial charge on any atom is -0.464 e. The van der Waals surface area contributed by atoms with Gasteiger partial charge in [0.15, 0.2) is 0 Å². The van der Waals surface area contributed by atoms with Crippen LogP contribution in [0.4, 0.5) is 0 Å². The summed E-state index contributed by atoms with van der Waals surface area (Å²) in [5.74, 6) is 3.38. The third-order valence-electron chi connectivity index (χ3n) is 4.55. The number of rotatable bonds is 6. The Bertz CT molecular complexity index is 596. The van der Waals surface area contributed by atoms with Gasteiger partial charge in [0.05, 0.1) is 11.8 Å². The van der Waals surface area contributed by atoms with Crippen LogP contribution in [0.1, 0.15) is 44.1 Å². The minimum absolute atomic E-state index is 0.296. The first kappa shape index (κ1) is 15.1. The van der Waals surface area contributed by atoms with Crippen LogP contribution >= 0.6 is 0 Å². The molecule has 0 spiro atoms. The van der Waals surface area contributed by atoms with Crippen molar-refractivity contribution in [3.05, 3.63) is 23.7 Å². The first-order chi connectivity index (χ1) is 9.99. The van der Waals surface area contributed by atoms with Crippen LogP contribution in [0, 0.1) is 5.92 Å². The maximum Gasteiger partial charge on any atom is 0.215 e. The molecule has 1 saturated carbocycles. The zero-order valence-electron chi connectivity index (χ0n) is 12.7. The van der Waals surface area contributed by atoms with E-state index in [0.717, 1.165) is 24.0 Å². The molecule has 2 fully saturated rings. The van der Waals surface area contributed by atoms with Crippen LogP contribution in [0.2, 0.25) is 0 Å². The molecule has 21 heavy (non-hydrogen) atoms. The Morgan fingerprint density at radius 1 is 1.43 bits per heavy atom. The third-order valence-corrected chi connectivity index (χ3v) is 6.50. The van der Waals surface area contributed by atoms with Crippen LogP contribution in [0.25, 0.3) is 0 Å². The summed E-state index contributed by atoms with van der Waals surface area (Å²) >= 11 is 0. The molecule has 5 nitrogen and oxygen atoms in total. The van der Waals surface area contributed by atoms with E-state index in [2.05, 4.69) is 22.6 Å². The molecule has 1 saturated heterocycles. The van der Waals surface area contributed by atoms with E-state index in [0.29, 0.717) is 32.0 Å². The molecule has 0 amide bonds. The Kier molecular flexibility index (Phi) is 4.12. The van der Waals surface area contributed by atoms with E-state index in [1.165, 1.54) is 6.42 Å². The molecular weight excluding hydrogens is 288 g/mol. The highest BCUT2D eigenvalue weighted by atomic mass is 32.2. The number of furan rings is 1. The smallest absolute Gasteiger partial charge is 0.215 e. The molecule has 1 aromatic heterocycles. The fourth-order valence-corrected chi connectivity index (χ4v) is 4.59. The lowest BCUT2D eigenvalue weighted by Gasteiger charge is -2.15. The molecule has 6 heteroatoms. The van der Waals surface area contributed by atoms with Crippen molar-refractivity contribution in [3.63, 3.8) is 0 Å². The Morgan fingerprint density at radius 3 is 2.86 bits per heavy atom. The predicted octanol–water partition coefficient (Wildman–Crippen LogP) is 1.92. The quantitative estimate of drug-likeness (QED) is 0.871. The molecule has 0 unspecified atom stereocenters. The summed E-state index contributed by atoms with van der Waals surface area (Å²) in [6.07, 6.45) is 1.92. The van der Waals surface area contributed by atoms with Gasteiger partial charge in [0, 0.05) is 25.6 Å². The predicted molar refractivity (Wildman–Crippen MR) is 81.5 cm³/mol. The highest BCUT2D eigenvalue weighted by Gasteiger charge is 2.37. The molecule has 0 bridgehead atoms. The van der Waals surface area contributed by atoms with Crippen molar-refractivity contribution < 1.29 is 12.8 Å². The van der Waals surface area contributed by atoms with Crippen LogP contribution in [0.5, 0.6) is 0 Å². The summed E-state index contributed by atoms with van der Waals surface area (Å²) in [6.45, 7) is 6.62. The number of hydrogen-bond acceptors (Lipinski definition) is 4. The molecule has 1 aliphatic heterocycles. The average Bonchev–Trinajstić information content (AvgIpc) is 2.84. The topological polar surface area (TPSA) is 62.6 Å². The van der Waals surface area contributed by atoms with Crippen molar-refractivity contribution in [3.8, 4) is 0 Å². The van der Waals surface area contributed by atoms with Crippen molar-refractivity contribution in [1.82, 2.24) is 9.62 Å². The summed E-state index contributed by atoms with van der Waals surface area (Å²) < 4.78 is 32.5. The zero-order chi connectivity index (χ0) is 15.0. The molecular formula is C15H24N2O3S. The van der Waals surface area contributed by atoms with Crippen molar-refractivity contribution in [1.29, 1.82) is 0 Å². The van der Waals surface area contributed by atoms with E-state index in [9.17, 15) is 8.42 Å². The standard InChI is InChI=1S/C15H24N2O3S/c1-3-16-21(18,19)13-6-7-17(10-13)9-12-4-5-15(20-12)14-8-11(14)2/h4-5,11,13-14,16H,3,6-10H2,1-2H3/t11-,13+,14-/m0/s1. The van der Waals surface area contributed by atoms with Crippen LogP contribution in [-0.2, 0) is 16.6 Å². The molecule has 118 valence electrons. The van der Waals surface area contributed by atoms with E-state index < -0.39 is 10.0 Å². The minimum atomic E-state index is -3.16. The van der Waals surface area contributed by atoms with E-state index in [1.807, 2.05) is 13.0 Å². The summed E-state index contributed by atoms with van der Waals surface area (Å²) in [4.78, 5) is 2.17. The second-order valence-corrected chi connectivity index (χ2v) is 8.36. The summed E-state index contributed by atoms with van der Waals surface area (Å²) in [7, 11) is -3.16. The molecule has 2 heterocycles. The highest BCUT2D eigenvalue weighted by molar-refractivity contribution is 7.90. The van der Waals surface area contributed by atoms with Gasteiger partial charge >= 0.3 is 0 Å². The van der Waals surface area contributed by atoms with E-state index >= 15 is 0 Å². The number of hydrogen-bond donors (Lipinski definition) is 1. The first-order valence-corrected chi connectivity index (χ1v) is 9.33. The second kappa shape index (κ2) is 5.74. The normalized spacial score (nSPS) is 29.9. The van der Waals surface area contributed by atoms with Gasteiger partial charge in [-0.25, -0.2) is 13.1 Å². The monoisotopic (exact) mass is 312 g/mol. The number of nitrogens with one attached hydrogen (secondary N) is 1. The fourth-order valence-electron chi connectivity index (χ4n) is 3.13. The van der Waals surface area contributed by atoms with Gasteiger partial charge in [-0.2, -0.15) is 0 Å². The number of nitrogens with zero attached hydrogens (tertiary/aromatic N) is 1. The van der Waals surface area contributed by atoms with Crippen molar-refractivity contribution in [2.45, 2.75) is 44.4 Å². The largest absolute Gasteiger partial charge is 0.464 e. The lowest BCUT2D eigenvalue weighted by atomic mass is 10.3. The highest BCUT2D eigenvalue weighted by Crippen LogP contribution is 2.47. The van der Waals surface area contributed by atoms with Crippen molar-refractivity contribution in [2.24, 2.45) is 5.92 Å². The van der Waals surface area contributed by atoms with E-state index in [1.54, 1.807) is 0 Å². The van der Waals surface area contributed by atoms with E-state index in [4.69, 9.17) is 4.42 Å². The summed E-state index contributed by atoms with van der Waals surface area (Å²) in [5.41, 5.74) is 0. The van der Waals surface area contributed by atoms with Gasteiger partial charge in [0.25, 0.3) is 0 Å². The number of sulfonamides is 1. The lowest BCUT2D eigenvalue weighted by Crippen LogP contribution is -2.36. The first-order valence-electron chi connectivity index (χ1n) is 7.79. The van der Waals surface area contributed by atoms with Crippen LogP contribution < -0.4 is 4.72 Å². The third kappa shape index (κ3) is 3.33. The maximum atomic E-state index is 12.0. The molecule has 1 N–H and O–H groups in total. The summed E-state index contributed by atoms with van der Waals surface area (Å²) in [6, 6.07) is 4.11. The maximum absolute atomic E-state index is 12.0. The van der Waals surface area contributed by atoms with Gasteiger partial charge in [-0.15, -0.1) is 0 Å². The molecule has 1 aromatic rings. The molecule has 0 radical (unpaired) electrons. The van der Waals surface area contributed by atoms with Crippen LogP contribution in [-0.4, -0.2) is 38.2 Å². The van der Waals surface area contributed by atoms with Gasteiger partial charge in [-0.05, 0) is 30.9 Å². The van der Waals surface area contributed by atoms with Gasteiger partial charge in [0.2, 0.25) is 10.0 Å². The van der Waals surface area contributed by atoms with Gasteiger partial charge in [-0.1, -0.05) is 13.8 Å². The second-order valence-electron chi connectivity index (χ2n) is 6.31. The van der Waals surface area contributed by atoms with Crippen LogP contribution in [0.15, 0.2) is 16.5 Å².